The fraction of sp³-hybridized carbons (Fsp3) is 0.400. The summed E-state index contributed by atoms with van der Waals surface area (Å²) in [5, 5.41) is 24.2. The lowest BCUT2D eigenvalue weighted by Gasteiger charge is -2.24. The molecule has 0 amide bonds. The lowest BCUT2D eigenvalue weighted by atomic mass is 9.72. The molecule has 0 bridgehead atoms. The highest BCUT2D eigenvalue weighted by atomic mass is 16.5. The zero-order valence-corrected chi connectivity index (χ0v) is 17.6. The Bertz CT molecular complexity index is 1280. The summed E-state index contributed by atoms with van der Waals surface area (Å²) in [6.07, 6.45) is 0.900. The molecule has 2 aromatic rings. The normalized spacial score (nSPS) is 15.7. The Kier molecular flexibility index (Phi) is 6.14. The van der Waals surface area contributed by atoms with Crippen molar-refractivity contribution in [1.82, 2.24) is 14.9 Å². The molecule has 0 aromatic carbocycles. The number of carbonyl (C=O) groups is 4. The van der Waals surface area contributed by atoms with Crippen molar-refractivity contribution in [2.45, 2.75) is 45.7 Å². The van der Waals surface area contributed by atoms with Crippen molar-refractivity contribution in [2.75, 3.05) is 6.61 Å². The molecule has 2 aromatic heterocycles. The van der Waals surface area contributed by atoms with Crippen LogP contribution in [0.15, 0.2) is 4.79 Å². The van der Waals surface area contributed by atoms with Crippen LogP contribution in [0.5, 0.6) is 5.88 Å². The fourth-order valence-corrected chi connectivity index (χ4v) is 3.66. The molecule has 4 N–H and O–H groups in total. The summed E-state index contributed by atoms with van der Waals surface area (Å²) in [5.74, 6) is -4.96. The molecule has 1 saturated carbocycles. The number of aliphatic carboxylic acids is 1. The van der Waals surface area contributed by atoms with Crippen LogP contribution in [-0.4, -0.2) is 55.2 Å². The number of ketones is 2. The molecule has 32 heavy (non-hydrogen) atoms. The number of carbonyl (C=O) groups excluding carboxylic acids is 3. The lowest BCUT2D eigenvalue weighted by Crippen LogP contribution is -2.46. The van der Waals surface area contributed by atoms with Crippen molar-refractivity contribution in [3.05, 3.63) is 32.2 Å². The molecule has 170 valence electrons. The van der Waals surface area contributed by atoms with Gasteiger partial charge in [-0.05, 0) is 13.3 Å². The zero-order chi connectivity index (χ0) is 23.7. The largest absolute Gasteiger partial charge is 0.476 e. The highest BCUT2D eigenvalue weighted by Crippen LogP contribution is 2.34. The molecule has 0 unspecified atom stereocenters. The predicted octanol–water partition coefficient (Wildman–Crippen LogP) is -2.27. The minimum Gasteiger partial charge on any atom is -0.476 e. The summed E-state index contributed by atoms with van der Waals surface area (Å²) in [6.45, 7) is 6.33. The minimum atomic E-state index is -1.35. The molecule has 0 radical (unpaired) electrons. The third kappa shape index (κ3) is 3.86. The summed E-state index contributed by atoms with van der Waals surface area (Å²) in [5.41, 5.74) is -0.649. The van der Waals surface area contributed by atoms with E-state index in [0.29, 0.717) is 12.1 Å². The number of aromatic amines is 2. The Hall–Kier alpha value is -3.96. The molecule has 2 heterocycles. The van der Waals surface area contributed by atoms with Gasteiger partial charge in [0, 0.05) is 12.1 Å². The Morgan fingerprint density at radius 2 is 1.91 bits per heavy atom. The van der Waals surface area contributed by atoms with E-state index in [-0.39, 0.29) is 47.2 Å². The van der Waals surface area contributed by atoms with E-state index < -0.39 is 41.4 Å². The maximum Gasteiger partial charge on any atom is 0.400 e. The van der Waals surface area contributed by atoms with E-state index in [2.05, 4.69) is 16.8 Å². The first kappa shape index (κ1) is 22.7. The second-order valence-corrected chi connectivity index (χ2v) is 7.38. The summed E-state index contributed by atoms with van der Waals surface area (Å²) in [4.78, 5) is 60.8. The topological polar surface area (TPSA) is 175 Å². The number of carboxylic acids is 1. The number of ether oxygens (including phenoxy) is 1. The number of hydrogen-bond donors (Lipinski definition) is 4. The summed E-state index contributed by atoms with van der Waals surface area (Å²) < 4.78 is 7.02. The summed E-state index contributed by atoms with van der Waals surface area (Å²) >= 11 is 0. The molecule has 12 heteroatoms. The molecular weight excluding hydrogens is 424 g/mol. The third-order valence-electron chi connectivity index (χ3n) is 5.11. The molecule has 1 aliphatic rings. The van der Waals surface area contributed by atoms with Crippen LogP contribution < -0.4 is 20.8 Å². The molecule has 3 rings (SSSR count). The van der Waals surface area contributed by atoms with E-state index in [9.17, 15) is 29.1 Å². The van der Waals surface area contributed by atoms with E-state index in [0.717, 1.165) is 9.36 Å². The van der Waals surface area contributed by atoms with Gasteiger partial charge >= 0.3 is 17.8 Å². The van der Waals surface area contributed by atoms with Crippen molar-refractivity contribution in [1.29, 1.82) is 0 Å². The molecule has 1 aliphatic carbocycles. The quantitative estimate of drug-likeness (QED) is 0.199. The van der Waals surface area contributed by atoms with Gasteiger partial charge in [0.2, 0.25) is 0 Å². The van der Waals surface area contributed by atoms with Gasteiger partial charge in [0.15, 0.2) is 11.6 Å². The van der Waals surface area contributed by atoms with E-state index >= 15 is 0 Å². The number of H-pyrrole nitrogens is 2. The van der Waals surface area contributed by atoms with Gasteiger partial charge in [-0.25, -0.2) is 9.48 Å². The molecular formula is C20H23N4O8+. The number of hydrogen-bond acceptors (Lipinski definition) is 7. The van der Waals surface area contributed by atoms with Gasteiger partial charge in [-0.3, -0.25) is 24.3 Å². The molecule has 12 nitrogen and oxygen atoms in total. The van der Waals surface area contributed by atoms with Gasteiger partial charge in [0.1, 0.15) is 23.1 Å². The first-order valence-electron chi connectivity index (χ1n) is 9.87. The van der Waals surface area contributed by atoms with Crippen molar-refractivity contribution >= 4 is 35.7 Å². The number of aromatic nitrogens is 4. The number of aromatic hydroxyl groups is 1. The van der Waals surface area contributed by atoms with Gasteiger partial charge in [-0.15, -0.1) is 0 Å². The van der Waals surface area contributed by atoms with Gasteiger partial charge in [0.25, 0.3) is 12.1 Å². The SMILES string of the molecule is C=c1[nH][n+](CC(=O)O)c(O)c1=C1C(=O)C(c2c(C)[nH]n(CCOC(=O)CCC)c2=O)C1=O. The first-order chi connectivity index (χ1) is 15.1. The van der Waals surface area contributed by atoms with Crippen molar-refractivity contribution in [3.8, 4) is 5.88 Å². The smallest absolute Gasteiger partial charge is 0.400 e. The van der Waals surface area contributed by atoms with E-state index in [1.807, 2.05) is 6.92 Å². The van der Waals surface area contributed by atoms with Gasteiger partial charge in [0.05, 0.1) is 17.7 Å². The summed E-state index contributed by atoms with van der Waals surface area (Å²) in [7, 11) is 0. The van der Waals surface area contributed by atoms with Crippen LogP contribution in [0.2, 0.25) is 0 Å². The number of carboxylic acid groups (broad SMARTS) is 1. The standard InChI is InChI=1S/C20H22N4O8/c1-4-5-12(27)32-7-6-23-19(30)13(9(2)21-23)15-17(28)16(18(15)29)14-10(3)22-24(20(14)31)8-11(25)26/h15,22H,3-8H2,1-2H3,(H2,21,25,26,30)/p+1. The van der Waals surface area contributed by atoms with Crippen LogP contribution in [-0.2, 0) is 37.0 Å². The number of aryl methyl sites for hydroxylation is 1. The molecule has 0 spiro atoms. The van der Waals surface area contributed by atoms with Crippen LogP contribution in [0.25, 0.3) is 12.2 Å². The molecule has 0 saturated heterocycles. The number of rotatable bonds is 8. The van der Waals surface area contributed by atoms with E-state index in [1.165, 1.54) is 6.92 Å². The third-order valence-corrected chi connectivity index (χ3v) is 5.11. The fourth-order valence-electron chi connectivity index (χ4n) is 3.66. The van der Waals surface area contributed by atoms with Gasteiger partial charge in [-0.1, -0.05) is 18.2 Å². The second kappa shape index (κ2) is 8.65. The Labute approximate surface area is 180 Å². The van der Waals surface area contributed by atoms with E-state index in [4.69, 9.17) is 9.84 Å². The van der Waals surface area contributed by atoms with Crippen LogP contribution >= 0.6 is 0 Å². The average Bonchev–Trinajstić information content (AvgIpc) is 3.13. The first-order valence-corrected chi connectivity index (χ1v) is 9.87. The van der Waals surface area contributed by atoms with Crippen molar-refractivity contribution < 1.29 is 38.8 Å². The zero-order valence-electron chi connectivity index (χ0n) is 17.6. The van der Waals surface area contributed by atoms with Gasteiger partial charge in [-0.2, -0.15) is 5.10 Å². The van der Waals surface area contributed by atoms with Crippen LogP contribution in [0, 0.1) is 6.92 Å². The van der Waals surface area contributed by atoms with Crippen LogP contribution in [0.1, 0.15) is 36.9 Å². The number of esters is 1. The van der Waals surface area contributed by atoms with Crippen LogP contribution in [0.3, 0.4) is 0 Å². The number of nitrogens with one attached hydrogen (secondary N) is 2. The monoisotopic (exact) mass is 447 g/mol. The van der Waals surface area contributed by atoms with Crippen molar-refractivity contribution in [2.24, 2.45) is 0 Å². The average molecular weight is 447 g/mol. The molecule has 1 fully saturated rings. The number of nitrogens with zero attached hydrogens (tertiary/aromatic N) is 2. The highest BCUT2D eigenvalue weighted by molar-refractivity contribution is 6.59. The second-order valence-electron chi connectivity index (χ2n) is 7.38. The van der Waals surface area contributed by atoms with Gasteiger partial charge < -0.3 is 14.9 Å². The maximum absolute atomic E-state index is 12.8. The lowest BCUT2D eigenvalue weighted by molar-refractivity contribution is -0.745. The molecule has 0 atom stereocenters. The maximum atomic E-state index is 12.8. The Balaban J connectivity index is 1.90. The Morgan fingerprint density at radius 1 is 1.25 bits per heavy atom. The summed E-state index contributed by atoms with van der Waals surface area (Å²) in [6, 6.07) is 0. The number of Topliss-reactive ketones (excluding diaryl/α,β-unsaturated/α-hetero) is 2. The van der Waals surface area contributed by atoms with E-state index in [1.54, 1.807) is 0 Å². The highest BCUT2D eigenvalue weighted by Gasteiger charge is 2.49. The Morgan fingerprint density at radius 3 is 2.50 bits per heavy atom. The minimum absolute atomic E-state index is 0.00371. The molecule has 0 aliphatic heterocycles. The van der Waals surface area contributed by atoms with Crippen LogP contribution in [0.4, 0.5) is 0 Å². The predicted molar refractivity (Wildman–Crippen MR) is 107 cm³/mol. The van der Waals surface area contributed by atoms with Crippen molar-refractivity contribution in [3.63, 3.8) is 0 Å².